The van der Waals surface area contributed by atoms with Crippen LogP contribution in [0.25, 0.3) is 0 Å². The Hall–Kier alpha value is -0.560. The summed E-state index contributed by atoms with van der Waals surface area (Å²) in [4.78, 5) is 0. The van der Waals surface area contributed by atoms with Gasteiger partial charge in [0.25, 0.3) is 0 Å². The Bertz CT molecular complexity index is 378. The van der Waals surface area contributed by atoms with Crippen molar-refractivity contribution in [2.75, 3.05) is 18.8 Å². The first-order valence-electron chi connectivity index (χ1n) is 5.33. The fraction of sp³-hybridized carbons (Fsp3) is 0.600. The lowest BCUT2D eigenvalue weighted by atomic mass is 10.3. The van der Waals surface area contributed by atoms with E-state index in [0.29, 0.717) is 6.54 Å². The van der Waals surface area contributed by atoms with Gasteiger partial charge in [0.05, 0.1) is 18.3 Å². The van der Waals surface area contributed by atoms with Gasteiger partial charge in [-0.3, -0.25) is 0 Å². The molecule has 0 spiro atoms. The van der Waals surface area contributed by atoms with Crippen molar-refractivity contribution in [2.24, 2.45) is 0 Å². The number of hydrogen-bond acceptors (Lipinski definition) is 4. The van der Waals surface area contributed by atoms with Gasteiger partial charge in [-0.15, -0.1) is 12.4 Å². The molecule has 0 atom stereocenters. The van der Waals surface area contributed by atoms with Crippen molar-refractivity contribution in [1.29, 1.82) is 0 Å². The molecule has 100 valence electrons. The second kappa shape index (κ2) is 8.52. The number of furan rings is 1. The minimum absolute atomic E-state index is 0. The molecule has 0 bridgehead atoms. The average Bonchev–Trinajstić information content (AvgIpc) is 2.76. The van der Waals surface area contributed by atoms with Gasteiger partial charge in [0.1, 0.15) is 0 Å². The molecule has 17 heavy (non-hydrogen) atoms. The van der Waals surface area contributed by atoms with Crippen molar-refractivity contribution < 1.29 is 12.8 Å². The number of rotatable bonds is 8. The maximum absolute atomic E-state index is 11.1. The zero-order valence-corrected chi connectivity index (χ0v) is 11.4. The van der Waals surface area contributed by atoms with Crippen molar-refractivity contribution >= 4 is 22.4 Å². The van der Waals surface area contributed by atoms with Gasteiger partial charge in [-0.2, -0.15) is 0 Å². The standard InChI is InChI=1S/C10H18N2O3S.ClH/c1-2-16(13,14)12-6-3-5-11-8-10-4-7-15-9-10;/h4,7,9,11-12H,2-3,5-6,8H2,1H3;1H. The molecule has 0 aliphatic rings. The second-order valence-electron chi connectivity index (χ2n) is 3.46. The van der Waals surface area contributed by atoms with Gasteiger partial charge in [-0.25, -0.2) is 13.1 Å². The summed E-state index contributed by atoms with van der Waals surface area (Å²) >= 11 is 0. The molecule has 7 heteroatoms. The Morgan fingerprint density at radius 3 is 2.71 bits per heavy atom. The van der Waals surface area contributed by atoms with E-state index in [1.807, 2.05) is 6.07 Å². The van der Waals surface area contributed by atoms with E-state index in [2.05, 4.69) is 10.0 Å². The van der Waals surface area contributed by atoms with Crippen molar-refractivity contribution in [3.05, 3.63) is 24.2 Å². The molecule has 0 aliphatic heterocycles. The first-order chi connectivity index (χ1) is 7.64. The van der Waals surface area contributed by atoms with Crippen molar-refractivity contribution in [2.45, 2.75) is 19.9 Å². The second-order valence-corrected chi connectivity index (χ2v) is 5.56. The Morgan fingerprint density at radius 2 is 2.12 bits per heavy atom. The molecule has 0 aliphatic carbocycles. The van der Waals surface area contributed by atoms with Crippen molar-refractivity contribution in [3.63, 3.8) is 0 Å². The Kier molecular flexibility index (Phi) is 8.24. The number of nitrogens with one attached hydrogen (secondary N) is 2. The Labute approximate surface area is 108 Å². The lowest BCUT2D eigenvalue weighted by Gasteiger charge is -2.05. The lowest BCUT2D eigenvalue weighted by Crippen LogP contribution is -2.28. The molecule has 0 radical (unpaired) electrons. The maximum atomic E-state index is 11.1. The van der Waals surface area contributed by atoms with Crippen LogP contribution in [0.1, 0.15) is 18.9 Å². The summed E-state index contributed by atoms with van der Waals surface area (Å²) in [5.74, 6) is 0.134. The highest BCUT2D eigenvalue weighted by atomic mass is 35.5. The van der Waals surface area contributed by atoms with Crippen LogP contribution in [-0.2, 0) is 16.6 Å². The summed E-state index contributed by atoms with van der Waals surface area (Å²) < 4.78 is 29.6. The molecule has 1 aromatic rings. The van der Waals surface area contributed by atoms with Crippen molar-refractivity contribution in [3.8, 4) is 0 Å². The first-order valence-corrected chi connectivity index (χ1v) is 6.98. The summed E-state index contributed by atoms with van der Waals surface area (Å²) in [6.07, 6.45) is 4.09. The van der Waals surface area contributed by atoms with Crippen LogP contribution in [0.5, 0.6) is 0 Å². The van der Waals surface area contributed by atoms with E-state index in [0.717, 1.165) is 25.1 Å². The molecule has 2 N–H and O–H groups in total. The van der Waals surface area contributed by atoms with E-state index in [-0.39, 0.29) is 18.2 Å². The van der Waals surface area contributed by atoms with Gasteiger partial charge in [0.15, 0.2) is 0 Å². The van der Waals surface area contributed by atoms with Gasteiger partial charge in [0.2, 0.25) is 10.0 Å². The van der Waals surface area contributed by atoms with E-state index in [1.165, 1.54) is 0 Å². The summed E-state index contributed by atoms with van der Waals surface area (Å²) in [6, 6.07) is 1.90. The molecule has 5 nitrogen and oxygen atoms in total. The molecule has 1 heterocycles. The van der Waals surface area contributed by atoms with Crippen LogP contribution in [0.2, 0.25) is 0 Å². The molecule has 0 fully saturated rings. The third-order valence-electron chi connectivity index (χ3n) is 2.14. The van der Waals surface area contributed by atoms with E-state index in [4.69, 9.17) is 4.42 Å². The minimum atomic E-state index is -3.04. The summed E-state index contributed by atoms with van der Waals surface area (Å²) in [6.45, 7) is 3.63. The fourth-order valence-electron chi connectivity index (χ4n) is 1.17. The van der Waals surface area contributed by atoms with Crippen LogP contribution in [0.4, 0.5) is 0 Å². The Morgan fingerprint density at radius 1 is 1.35 bits per heavy atom. The topological polar surface area (TPSA) is 71.3 Å². The summed E-state index contributed by atoms with van der Waals surface area (Å²) in [5, 5.41) is 3.20. The highest BCUT2D eigenvalue weighted by Gasteiger charge is 2.03. The van der Waals surface area contributed by atoms with Gasteiger partial charge in [0, 0.05) is 18.7 Å². The van der Waals surface area contributed by atoms with Gasteiger partial charge >= 0.3 is 0 Å². The van der Waals surface area contributed by atoms with Crippen LogP contribution in [0, 0.1) is 0 Å². The predicted octanol–water partition coefficient (Wildman–Crippen LogP) is 1.12. The van der Waals surface area contributed by atoms with Crippen LogP contribution >= 0.6 is 12.4 Å². The quantitative estimate of drug-likeness (QED) is 0.701. The molecule has 1 rings (SSSR count). The zero-order valence-electron chi connectivity index (χ0n) is 9.81. The van der Waals surface area contributed by atoms with Gasteiger partial charge < -0.3 is 9.73 Å². The normalized spacial score (nSPS) is 11.1. The zero-order chi connectivity index (χ0) is 11.9. The highest BCUT2D eigenvalue weighted by molar-refractivity contribution is 7.89. The number of hydrogen-bond donors (Lipinski definition) is 2. The molecular weight excluding hydrogens is 264 g/mol. The molecule has 1 aromatic heterocycles. The van der Waals surface area contributed by atoms with Crippen LogP contribution in [-0.4, -0.2) is 27.3 Å². The first kappa shape index (κ1) is 16.4. The van der Waals surface area contributed by atoms with Crippen LogP contribution in [0.15, 0.2) is 23.0 Å². The number of halogens is 1. The monoisotopic (exact) mass is 282 g/mol. The van der Waals surface area contributed by atoms with Gasteiger partial charge in [-0.05, 0) is 26.0 Å². The largest absolute Gasteiger partial charge is 0.472 e. The molecule has 0 aromatic carbocycles. The van der Waals surface area contributed by atoms with Gasteiger partial charge in [-0.1, -0.05) is 0 Å². The smallest absolute Gasteiger partial charge is 0.211 e. The highest BCUT2D eigenvalue weighted by Crippen LogP contribution is 1.98. The summed E-state index contributed by atoms with van der Waals surface area (Å²) in [5.41, 5.74) is 1.09. The Balaban J connectivity index is 0.00000256. The average molecular weight is 283 g/mol. The van der Waals surface area contributed by atoms with E-state index >= 15 is 0 Å². The number of sulfonamides is 1. The van der Waals surface area contributed by atoms with E-state index in [1.54, 1.807) is 19.5 Å². The van der Waals surface area contributed by atoms with E-state index in [9.17, 15) is 8.42 Å². The van der Waals surface area contributed by atoms with E-state index < -0.39 is 10.0 Å². The van der Waals surface area contributed by atoms with Crippen LogP contribution < -0.4 is 10.0 Å². The molecule has 0 amide bonds. The fourth-order valence-corrected chi connectivity index (χ4v) is 1.83. The molecular formula is C10H19ClN2O3S. The van der Waals surface area contributed by atoms with Crippen LogP contribution in [0.3, 0.4) is 0 Å². The molecule has 0 saturated carbocycles. The summed E-state index contributed by atoms with van der Waals surface area (Å²) in [7, 11) is -3.04. The molecule has 0 unspecified atom stereocenters. The maximum Gasteiger partial charge on any atom is 0.211 e. The minimum Gasteiger partial charge on any atom is -0.472 e. The predicted molar refractivity (Wildman–Crippen MR) is 69.7 cm³/mol. The van der Waals surface area contributed by atoms with Crippen molar-refractivity contribution in [1.82, 2.24) is 10.0 Å². The SMILES string of the molecule is CCS(=O)(=O)NCCCNCc1ccoc1.Cl. The third kappa shape index (κ3) is 7.38. The molecule has 0 saturated heterocycles. The lowest BCUT2D eigenvalue weighted by molar-refractivity contribution is 0.558. The third-order valence-corrected chi connectivity index (χ3v) is 3.55.